The normalized spacial score (nSPS) is 12.4. The van der Waals surface area contributed by atoms with Gasteiger partial charge in [0, 0.05) is 0 Å². The summed E-state index contributed by atoms with van der Waals surface area (Å²) in [6.45, 7) is 2.24. The second-order valence-electron chi connectivity index (χ2n) is 4.30. The molecule has 4 heteroatoms. The van der Waals surface area contributed by atoms with Crippen molar-refractivity contribution in [3.05, 3.63) is 28.6 Å². The minimum absolute atomic E-state index is 0.781. The number of H-pyrrole nitrogens is 1. The molecule has 17 heavy (non-hydrogen) atoms. The number of hydrogen-bond acceptors (Lipinski definition) is 3. The first-order valence-electron chi connectivity index (χ1n) is 6.19. The fourth-order valence-electron chi connectivity index (χ4n) is 1.98. The number of benzene rings is 1. The van der Waals surface area contributed by atoms with E-state index < -0.39 is 0 Å². The third kappa shape index (κ3) is 3.09. The highest BCUT2D eigenvalue weighted by Gasteiger charge is 2.00. The highest BCUT2D eigenvalue weighted by molar-refractivity contribution is 7.16. The van der Waals surface area contributed by atoms with Crippen molar-refractivity contribution in [2.24, 2.45) is 10.9 Å². The molecule has 92 valence electrons. The maximum Gasteiger partial charge on any atom is 0.205 e. The maximum atomic E-state index is 5.27. The summed E-state index contributed by atoms with van der Waals surface area (Å²) in [5.41, 5.74) is 2.54. The number of aromatic amines is 1. The molecule has 1 heterocycles. The number of thiazole rings is 1. The molecule has 0 fully saturated rings. The molecule has 0 radical (unpaired) electrons. The third-order valence-corrected chi connectivity index (χ3v) is 3.91. The Bertz CT molecular complexity index is 539. The Morgan fingerprint density at radius 1 is 1.29 bits per heavy atom. The van der Waals surface area contributed by atoms with Gasteiger partial charge in [0.25, 0.3) is 0 Å². The summed E-state index contributed by atoms with van der Waals surface area (Å²) in [6, 6.07) is 6.58. The van der Waals surface area contributed by atoms with E-state index in [1.54, 1.807) is 11.3 Å². The van der Waals surface area contributed by atoms with Crippen LogP contribution in [0.3, 0.4) is 0 Å². The quantitative estimate of drug-likeness (QED) is 0.477. The molecular formula is C13H19N3S. The summed E-state index contributed by atoms with van der Waals surface area (Å²) in [4.78, 5) is 3.99. The maximum absolute atomic E-state index is 5.27. The van der Waals surface area contributed by atoms with Crippen LogP contribution in [0.15, 0.2) is 23.3 Å². The van der Waals surface area contributed by atoms with Crippen LogP contribution in [-0.4, -0.2) is 4.98 Å². The van der Waals surface area contributed by atoms with Gasteiger partial charge >= 0.3 is 0 Å². The predicted octanol–water partition coefficient (Wildman–Crippen LogP) is 3.13. The van der Waals surface area contributed by atoms with Gasteiger partial charge in [0.05, 0.1) is 10.2 Å². The average Bonchev–Trinajstić information content (AvgIpc) is 2.77. The van der Waals surface area contributed by atoms with Gasteiger partial charge in [-0.15, -0.1) is 0 Å². The van der Waals surface area contributed by atoms with E-state index in [0.717, 1.165) is 16.7 Å². The van der Waals surface area contributed by atoms with Gasteiger partial charge in [0.2, 0.25) is 4.80 Å². The first kappa shape index (κ1) is 12.2. The van der Waals surface area contributed by atoms with E-state index in [9.17, 15) is 0 Å². The Kier molecular flexibility index (Phi) is 4.20. The Morgan fingerprint density at radius 2 is 2.18 bits per heavy atom. The first-order chi connectivity index (χ1) is 8.33. The number of rotatable bonds is 5. The molecule has 1 aromatic heterocycles. The lowest BCUT2D eigenvalue weighted by Gasteiger charge is -2.01. The van der Waals surface area contributed by atoms with Crippen molar-refractivity contribution in [1.29, 1.82) is 0 Å². The predicted molar refractivity (Wildman–Crippen MR) is 73.8 cm³/mol. The molecule has 0 unspecified atom stereocenters. The van der Waals surface area contributed by atoms with Crippen molar-refractivity contribution in [2.75, 3.05) is 0 Å². The molecule has 1 aromatic carbocycles. The number of nitrogens with two attached hydrogens (primary N) is 1. The van der Waals surface area contributed by atoms with Crippen LogP contribution in [-0.2, 0) is 6.42 Å². The summed E-state index contributed by atoms with van der Waals surface area (Å²) in [6.07, 6.45) is 6.39. The molecule has 3 N–H and O–H groups in total. The number of hydrogen-bond donors (Lipinski definition) is 2. The van der Waals surface area contributed by atoms with Crippen LogP contribution < -0.4 is 10.6 Å². The topological polar surface area (TPSA) is 54.2 Å². The van der Waals surface area contributed by atoms with Crippen LogP contribution in [0.4, 0.5) is 0 Å². The molecular weight excluding hydrogens is 230 g/mol. The number of unbranched alkanes of at least 4 members (excludes halogenated alkanes) is 3. The van der Waals surface area contributed by atoms with Crippen molar-refractivity contribution in [2.45, 2.75) is 39.0 Å². The fourth-order valence-corrected chi connectivity index (χ4v) is 2.76. The van der Waals surface area contributed by atoms with Crippen LogP contribution in [0.5, 0.6) is 0 Å². The fraction of sp³-hybridized carbons (Fsp3) is 0.462. The largest absolute Gasteiger partial charge is 0.329 e. The number of aryl methyl sites for hydroxylation is 1. The van der Waals surface area contributed by atoms with Crippen molar-refractivity contribution in [3.63, 3.8) is 0 Å². The zero-order valence-corrected chi connectivity index (χ0v) is 11.0. The van der Waals surface area contributed by atoms with Gasteiger partial charge in [-0.05, 0) is 30.5 Å². The van der Waals surface area contributed by atoms with Crippen LogP contribution in [0, 0.1) is 0 Å². The Hall–Kier alpha value is -1.29. The Balaban J connectivity index is 2.09. The zero-order chi connectivity index (χ0) is 12.1. The highest BCUT2D eigenvalue weighted by Crippen LogP contribution is 2.17. The second kappa shape index (κ2) is 5.87. The third-order valence-electron chi connectivity index (χ3n) is 2.93. The zero-order valence-electron chi connectivity index (χ0n) is 10.2. The summed E-state index contributed by atoms with van der Waals surface area (Å²) >= 11 is 1.59. The lowest BCUT2D eigenvalue weighted by molar-refractivity contribution is 0.667. The van der Waals surface area contributed by atoms with Crippen molar-refractivity contribution >= 4 is 21.6 Å². The van der Waals surface area contributed by atoms with E-state index in [1.807, 2.05) is 0 Å². The minimum atomic E-state index is 0.781. The van der Waals surface area contributed by atoms with Gasteiger partial charge in [-0.1, -0.05) is 43.6 Å². The van der Waals surface area contributed by atoms with Crippen molar-refractivity contribution in [1.82, 2.24) is 4.98 Å². The van der Waals surface area contributed by atoms with Gasteiger partial charge < -0.3 is 10.8 Å². The van der Waals surface area contributed by atoms with Gasteiger partial charge in [-0.25, -0.2) is 0 Å². The summed E-state index contributed by atoms with van der Waals surface area (Å²) in [5.74, 6) is 5.27. The summed E-state index contributed by atoms with van der Waals surface area (Å²) < 4.78 is 1.21. The molecule has 2 rings (SSSR count). The minimum Gasteiger partial charge on any atom is -0.329 e. The van der Waals surface area contributed by atoms with Crippen molar-refractivity contribution < 1.29 is 0 Å². The summed E-state index contributed by atoms with van der Waals surface area (Å²) in [7, 11) is 0. The van der Waals surface area contributed by atoms with Crippen LogP contribution in [0.25, 0.3) is 10.2 Å². The molecule has 0 amide bonds. The van der Waals surface area contributed by atoms with E-state index in [2.05, 4.69) is 35.2 Å². The SMILES string of the molecule is CCCCCCc1ccc2s/c(=N\N)[nH]c2c1. The monoisotopic (exact) mass is 249 g/mol. The molecule has 0 saturated carbocycles. The number of nitrogens with one attached hydrogen (secondary N) is 1. The molecule has 0 spiro atoms. The van der Waals surface area contributed by atoms with E-state index in [-0.39, 0.29) is 0 Å². The standard InChI is InChI=1S/C13H19N3S/c1-2-3-4-5-6-10-7-8-12-11(9-10)15-13(16-14)17-12/h7-9H,2-6,14H2,1H3,(H,15,16). The van der Waals surface area contributed by atoms with E-state index in [1.165, 1.54) is 35.9 Å². The smallest absolute Gasteiger partial charge is 0.205 e. The molecule has 0 atom stereocenters. The Labute approximate surface area is 105 Å². The lowest BCUT2D eigenvalue weighted by atomic mass is 10.1. The first-order valence-corrected chi connectivity index (χ1v) is 7.01. The van der Waals surface area contributed by atoms with Gasteiger partial charge in [-0.2, -0.15) is 5.10 Å². The molecule has 2 aromatic rings. The number of aromatic nitrogens is 1. The molecule has 3 nitrogen and oxygen atoms in total. The van der Waals surface area contributed by atoms with E-state index in [0.29, 0.717) is 0 Å². The molecule has 0 aliphatic rings. The van der Waals surface area contributed by atoms with Crippen LogP contribution in [0.1, 0.15) is 38.2 Å². The van der Waals surface area contributed by atoms with E-state index >= 15 is 0 Å². The highest BCUT2D eigenvalue weighted by atomic mass is 32.1. The van der Waals surface area contributed by atoms with Crippen molar-refractivity contribution in [3.8, 4) is 0 Å². The average molecular weight is 249 g/mol. The Morgan fingerprint density at radius 3 is 2.94 bits per heavy atom. The van der Waals surface area contributed by atoms with Crippen LogP contribution >= 0.6 is 11.3 Å². The number of fused-ring (bicyclic) bond motifs is 1. The molecule has 0 bridgehead atoms. The second-order valence-corrected chi connectivity index (χ2v) is 5.33. The van der Waals surface area contributed by atoms with Gasteiger partial charge in [-0.3, -0.25) is 0 Å². The van der Waals surface area contributed by atoms with Crippen LogP contribution in [0.2, 0.25) is 0 Å². The van der Waals surface area contributed by atoms with Gasteiger partial charge in [0.15, 0.2) is 0 Å². The molecule has 0 aliphatic carbocycles. The van der Waals surface area contributed by atoms with Gasteiger partial charge in [0.1, 0.15) is 0 Å². The van der Waals surface area contributed by atoms with E-state index in [4.69, 9.17) is 5.84 Å². The summed E-state index contributed by atoms with van der Waals surface area (Å²) in [5, 5.41) is 3.69. The molecule has 0 aliphatic heterocycles. The number of nitrogens with zero attached hydrogens (tertiary/aromatic N) is 1. The molecule has 0 saturated heterocycles. The lowest BCUT2D eigenvalue weighted by Crippen LogP contribution is -2.00.